The third-order valence-corrected chi connectivity index (χ3v) is 5.33. The molecule has 9 heteroatoms. The second-order valence-corrected chi connectivity index (χ2v) is 7.52. The van der Waals surface area contributed by atoms with E-state index >= 15 is 0 Å². The van der Waals surface area contributed by atoms with E-state index in [-0.39, 0.29) is 24.1 Å². The van der Waals surface area contributed by atoms with Crippen LogP contribution in [0.3, 0.4) is 0 Å². The molecule has 0 bridgehead atoms. The fourth-order valence-electron chi connectivity index (χ4n) is 3.36. The Morgan fingerprint density at radius 3 is 3.04 bits per heavy atom. The van der Waals surface area contributed by atoms with Gasteiger partial charge in [0.05, 0.1) is 17.4 Å². The second-order valence-electron chi connectivity index (χ2n) is 6.63. The molecule has 1 atom stereocenters. The van der Waals surface area contributed by atoms with Crippen LogP contribution in [0.5, 0.6) is 0 Å². The quantitative estimate of drug-likeness (QED) is 0.712. The van der Waals surface area contributed by atoms with E-state index in [1.165, 1.54) is 22.1 Å². The van der Waals surface area contributed by atoms with Crippen LogP contribution in [0.4, 0.5) is 10.9 Å². The van der Waals surface area contributed by atoms with E-state index in [2.05, 4.69) is 20.4 Å². The SMILES string of the molecule is Cc1ccc(=O)n(CC(=O)N2CCC[C@H]2c2cccc(Nc3nccs3)n2)n1. The van der Waals surface area contributed by atoms with Crippen LogP contribution >= 0.6 is 11.3 Å². The summed E-state index contributed by atoms with van der Waals surface area (Å²) in [5.74, 6) is 0.575. The largest absolute Gasteiger partial charge is 0.332 e. The normalized spacial score (nSPS) is 16.3. The molecule has 3 aromatic rings. The Morgan fingerprint density at radius 1 is 1.32 bits per heavy atom. The number of nitrogens with one attached hydrogen (secondary N) is 1. The molecule has 3 aromatic heterocycles. The Kier molecular flexibility index (Phi) is 5.16. The lowest BCUT2D eigenvalue weighted by atomic mass is 10.1. The first kappa shape index (κ1) is 18.3. The Bertz CT molecular complexity index is 1030. The lowest BCUT2D eigenvalue weighted by Crippen LogP contribution is -2.37. The number of anilines is 2. The van der Waals surface area contributed by atoms with Gasteiger partial charge in [0.1, 0.15) is 12.4 Å². The highest BCUT2D eigenvalue weighted by atomic mass is 32.1. The summed E-state index contributed by atoms with van der Waals surface area (Å²) in [5.41, 5.74) is 1.26. The molecule has 0 unspecified atom stereocenters. The van der Waals surface area contributed by atoms with Gasteiger partial charge in [-0.1, -0.05) is 6.07 Å². The number of carbonyl (C=O) groups excluding carboxylic acids is 1. The van der Waals surface area contributed by atoms with Gasteiger partial charge in [0, 0.05) is 24.2 Å². The molecule has 0 radical (unpaired) electrons. The number of hydrogen-bond donors (Lipinski definition) is 1. The molecule has 1 fully saturated rings. The van der Waals surface area contributed by atoms with E-state index in [4.69, 9.17) is 0 Å². The van der Waals surface area contributed by atoms with Crippen molar-refractivity contribution < 1.29 is 4.79 Å². The molecule has 1 aliphatic rings. The maximum atomic E-state index is 12.9. The zero-order valence-corrected chi connectivity index (χ0v) is 16.2. The van der Waals surface area contributed by atoms with E-state index in [1.54, 1.807) is 24.1 Å². The zero-order valence-electron chi connectivity index (χ0n) is 15.4. The smallest absolute Gasteiger partial charge is 0.267 e. The van der Waals surface area contributed by atoms with Crippen LogP contribution in [0.25, 0.3) is 0 Å². The van der Waals surface area contributed by atoms with Crippen LogP contribution in [-0.2, 0) is 11.3 Å². The zero-order chi connectivity index (χ0) is 19.5. The Hall–Kier alpha value is -3.07. The van der Waals surface area contributed by atoms with Gasteiger partial charge in [0.15, 0.2) is 5.13 Å². The third-order valence-electron chi connectivity index (χ3n) is 4.64. The summed E-state index contributed by atoms with van der Waals surface area (Å²) < 4.78 is 1.22. The van der Waals surface area contributed by atoms with Crippen molar-refractivity contribution in [3.8, 4) is 0 Å². The van der Waals surface area contributed by atoms with Crippen LogP contribution in [-0.4, -0.2) is 37.1 Å². The predicted molar refractivity (Wildman–Crippen MR) is 107 cm³/mol. The summed E-state index contributed by atoms with van der Waals surface area (Å²) in [7, 11) is 0. The van der Waals surface area contributed by atoms with Crippen molar-refractivity contribution in [1.82, 2.24) is 24.6 Å². The molecule has 1 saturated heterocycles. The van der Waals surface area contributed by atoms with Crippen LogP contribution in [0, 0.1) is 6.92 Å². The van der Waals surface area contributed by atoms with Crippen LogP contribution in [0.2, 0.25) is 0 Å². The standard InChI is InChI=1S/C19H20N6O2S/c1-13-7-8-17(26)25(23-13)12-18(27)24-10-3-5-15(24)14-4-2-6-16(21-14)22-19-20-9-11-28-19/h2,4,6-9,11,15H,3,5,10,12H2,1H3,(H,20,21,22)/t15-/m0/s1. The highest BCUT2D eigenvalue weighted by Gasteiger charge is 2.31. The molecule has 8 nitrogen and oxygen atoms in total. The number of nitrogens with zero attached hydrogens (tertiary/aromatic N) is 5. The maximum absolute atomic E-state index is 12.9. The average molecular weight is 396 g/mol. The molecular weight excluding hydrogens is 376 g/mol. The highest BCUT2D eigenvalue weighted by Crippen LogP contribution is 2.32. The number of thiazole rings is 1. The lowest BCUT2D eigenvalue weighted by molar-refractivity contribution is -0.133. The van der Waals surface area contributed by atoms with E-state index < -0.39 is 0 Å². The van der Waals surface area contributed by atoms with Crippen molar-refractivity contribution in [1.29, 1.82) is 0 Å². The first-order chi connectivity index (χ1) is 13.6. The van der Waals surface area contributed by atoms with Gasteiger partial charge in [-0.2, -0.15) is 5.10 Å². The molecule has 0 aliphatic carbocycles. The summed E-state index contributed by atoms with van der Waals surface area (Å²) in [4.78, 5) is 35.5. The number of likely N-dealkylation sites (tertiary alicyclic amines) is 1. The third kappa shape index (κ3) is 3.94. The summed E-state index contributed by atoms with van der Waals surface area (Å²) in [6.07, 6.45) is 3.48. The molecule has 4 heterocycles. The van der Waals surface area contributed by atoms with Crippen molar-refractivity contribution in [2.75, 3.05) is 11.9 Å². The molecule has 144 valence electrons. The predicted octanol–water partition coefficient (Wildman–Crippen LogP) is 2.51. The fraction of sp³-hybridized carbons (Fsp3) is 0.316. The number of amides is 1. The highest BCUT2D eigenvalue weighted by molar-refractivity contribution is 7.13. The van der Waals surface area contributed by atoms with Crippen molar-refractivity contribution in [3.05, 3.63) is 63.7 Å². The van der Waals surface area contributed by atoms with E-state index in [9.17, 15) is 9.59 Å². The molecule has 1 aliphatic heterocycles. The van der Waals surface area contributed by atoms with E-state index in [0.717, 1.165) is 23.7 Å². The number of aromatic nitrogens is 4. The average Bonchev–Trinajstić information content (AvgIpc) is 3.37. The topological polar surface area (TPSA) is 93.0 Å². The molecule has 0 saturated carbocycles. The minimum absolute atomic E-state index is 0.0614. The van der Waals surface area contributed by atoms with Gasteiger partial charge in [-0.25, -0.2) is 14.6 Å². The Morgan fingerprint density at radius 2 is 2.21 bits per heavy atom. The van der Waals surface area contributed by atoms with Crippen molar-refractivity contribution >= 4 is 28.2 Å². The molecule has 4 rings (SSSR count). The second kappa shape index (κ2) is 7.89. The molecule has 1 N–H and O–H groups in total. The number of hydrogen-bond acceptors (Lipinski definition) is 7. The Labute approximate surface area is 165 Å². The number of carbonyl (C=O) groups is 1. The molecule has 1 amide bonds. The monoisotopic (exact) mass is 396 g/mol. The molecular formula is C19H20N6O2S. The van der Waals surface area contributed by atoms with Gasteiger partial charge in [-0.05, 0) is 38.0 Å². The number of rotatable bonds is 5. The van der Waals surface area contributed by atoms with E-state index in [1.807, 2.05) is 23.6 Å². The van der Waals surface area contributed by atoms with Crippen LogP contribution < -0.4 is 10.9 Å². The van der Waals surface area contributed by atoms with Gasteiger partial charge < -0.3 is 10.2 Å². The summed E-state index contributed by atoms with van der Waals surface area (Å²) >= 11 is 1.50. The van der Waals surface area contributed by atoms with Crippen molar-refractivity contribution in [2.45, 2.75) is 32.4 Å². The first-order valence-electron chi connectivity index (χ1n) is 9.08. The maximum Gasteiger partial charge on any atom is 0.267 e. The van der Waals surface area contributed by atoms with E-state index in [0.29, 0.717) is 18.1 Å². The Balaban J connectivity index is 1.52. The summed E-state index contributed by atoms with van der Waals surface area (Å²) in [6.45, 7) is 2.38. The molecule has 0 spiro atoms. The van der Waals surface area contributed by atoms with Gasteiger partial charge in [0.25, 0.3) is 5.56 Å². The number of pyridine rings is 1. The minimum Gasteiger partial charge on any atom is -0.332 e. The van der Waals surface area contributed by atoms with Crippen molar-refractivity contribution in [3.63, 3.8) is 0 Å². The van der Waals surface area contributed by atoms with Crippen molar-refractivity contribution in [2.24, 2.45) is 0 Å². The van der Waals surface area contributed by atoms with Gasteiger partial charge in [0.2, 0.25) is 5.91 Å². The summed E-state index contributed by atoms with van der Waals surface area (Å²) in [5, 5.41) is 10.0. The van der Waals surface area contributed by atoms with Gasteiger partial charge in [-0.15, -0.1) is 11.3 Å². The van der Waals surface area contributed by atoms with Gasteiger partial charge in [-0.3, -0.25) is 9.59 Å². The minimum atomic E-state index is -0.275. The summed E-state index contributed by atoms with van der Waals surface area (Å²) in [6, 6.07) is 8.71. The van der Waals surface area contributed by atoms with Crippen LogP contribution in [0.1, 0.15) is 30.3 Å². The number of aryl methyl sites for hydroxylation is 1. The van der Waals surface area contributed by atoms with Crippen LogP contribution in [0.15, 0.2) is 46.7 Å². The lowest BCUT2D eigenvalue weighted by Gasteiger charge is -2.24. The first-order valence-corrected chi connectivity index (χ1v) is 9.96. The van der Waals surface area contributed by atoms with Gasteiger partial charge >= 0.3 is 0 Å². The molecule has 0 aromatic carbocycles. The molecule has 28 heavy (non-hydrogen) atoms. The fourth-order valence-corrected chi connectivity index (χ4v) is 3.89.